The van der Waals surface area contributed by atoms with Gasteiger partial charge < -0.3 is 9.84 Å². The highest BCUT2D eigenvalue weighted by Gasteiger charge is 2.47. The lowest BCUT2D eigenvalue weighted by Gasteiger charge is -2.25. The number of hydrogen-bond acceptors (Lipinski definition) is 5. The number of carbonyl (C=O) groups is 2. The molecule has 6 nitrogen and oxygen atoms in total. The highest BCUT2D eigenvalue weighted by atomic mass is 79.9. The summed E-state index contributed by atoms with van der Waals surface area (Å²) in [7, 11) is 1.36. The quantitative estimate of drug-likeness (QED) is 0.333. The normalized spacial score (nSPS) is 17.8. The fourth-order valence-electron chi connectivity index (χ4n) is 3.59. The average Bonchev–Trinajstić information content (AvgIpc) is 3.04. The molecular formula is C23H16BrFN2O4. The van der Waals surface area contributed by atoms with Crippen molar-refractivity contribution in [3.05, 3.63) is 94.0 Å². The van der Waals surface area contributed by atoms with Crippen molar-refractivity contribution in [3.8, 4) is 5.75 Å². The Morgan fingerprint density at radius 2 is 1.97 bits per heavy atom. The molecule has 1 saturated heterocycles. The summed E-state index contributed by atoms with van der Waals surface area (Å²) in [5.41, 5.74) is 0.764. The van der Waals surface area contributed by atoms with E-state index in [1.54, 1.807) is 42.6 Å². The van der Waals surface area contributed by atoms with Crippen LogP contribution in [0.4, 0.5) is 10.1 Å². The van der Waals surface area contributed by atoms with Crippen LogP contribution < -0.4 is 9.64 Å². The monoisotopic (exact) mass is 482 g/mol. The minimum absolute atomic E-state index is 0.0244. The van der Waals surface area contributed by atoms with Gasteiger partial charge in [-0.05, 0) is 48.0 Å². The molecular weight excluding hydrogens is 467 g/mol. The summed E-state index contributed by atoms with van der Waals surface area (Å²) < 4.78 is 19.9. The fourth-order valence-corrected chi connectivity index (χ4v) is 3.98. The number of ether oxygens (including phenoxy) is 1. The van der Waals surface area contributed by atoms with Crippen LogP contribution in [0.25, 0.3) is 5.76 Å². The van der Waals surface area contributed by atoms with Gasteiger partial charge in [0.25, 0.3) is 11.7 Å². The molecule has 1 atom stereocenters. The topological polar surface area (TPSA) is 79.7 Å². The Morgan fingerprint density at radius 1 is 1.16 bits per heavy atom. The molecule has 2 aromatic carbocycles. The number of aromatic nitrogens is 1. The number of hydrogen-bond donors (Lipinski definition) is 1. The molecule has 1 amide bonds. The molecule has 1 aliphatic rings. The summed E-state index contributed by atoms with van der Waals surface area (Å²) in [6, 6.07) is 12.9. The number of benzene rings is 2. The van der Waals surface area contributed by atoms with Crippen LogP contribution in [0.5, 0.6) is 5.75 Å². The SMILES string of the molecule is COc1ccc(F)cc1/C(O)=C1\C(=O)C(=O)N(c2cccc(Br)c2)C1c1cccnc1. The first-order valence-corrected chi connectivity index (χ1v) is 10.0. The Labute approximate surface area is 185 Å². The number of aliphatic hydroxyl groups excluding tert-OH is 1. The summed E-state index contributed by atoms with van der Waals surface area (Å²) in [6.45, 7) is 0. The lowest BCUT2D eigenvalue weighted by molar-refractivity contribution is -0.132. The Bertz CT molecular complexity index is 1210. The molecule has 0 spiro atoms. The van der Waals surface area contributed by atoms with Crippen molar-refractivity contribution in [1.82, 2.24) is 4.98 Å². The molecule has 1 aromatic heterocycles. The largest absolute Gasteiger partial charge is 0.507 e. The third kappa shape index (κ3) is 3.70. The van der Waals surface area contributed by atoms with Crippen molar-refractivity contribution in [2.75, 3.05) is 12.0 Å². The maximum absolute atomic E-state index is 13.9. The van der Waals surface area contributed by atoms with Crippen LogP contribution in [0.1, 0.15) is 17.2 Å². The van der Waals surface area contributed by atoms with Crippen LogP contribution in [0.3, 0.4) is 0 Å². The van der Waals surface area contributed by atoms with Crippen molar-refractivity contribution < 1.29 is 23.8 Å². The standard InChI is InChI=1S/C23H16BrFN2O4/c1-31-18-8-7-15(25)11-17(18)21(28)19-20(13-4-3-9-26-12-13)27(23(30)22(19)29)16-6-2-5-14(24)10-16/h2-12,20,28H,1H3/b21-19+. The highest BCUT2D eigenvalue weighted by Crippen LogP contribution is 2.43. The molecule has 0 radical (unpaired) electrons. The van der Waals surface area contributed by atoms with Crippen molar-refractivity contribution >= 4 is 39.1 Å². The molecule has 0 bridgehead atoms. The van der Waals surface area contributed by atoms with Gasteiger partial charge >= 0.3 is 0 Å². The molecule has 1 fully saturated rings. The maximum Gasteiger partial charge on any atom is 0.300 e. The summed E-state index contributed by atoms with van der Waals surface area (Å²) >= 11 is 3.37. The second kappa shape index (κ2) is 8.31. The number of aliphatic hydroxyl groups is 1. The Hall–Kier alpha value is -3.52. The van der Waals surface area contributed by atoms with E-state index >= 15 is 0 Å². The molecule has 2 heterocycles. The minimum Gasteiger partial charge on any atom is -0.507 e. The van der Waals surface area contributed by atoms with Gasteiger partial charge in [-0.15, -0.1) is 0 Å². The average molecular weight is 483 g/mol. The number of halogens is 2. The number of carbonyl (C=O) groups excluding carboxylic acids is 2. The number of anilines is 1. The lowest BCUT2D eigenvalue weighted by Crippen LogP contribution is -2.29. The molecule has 8 heteroatoms. The summed E-state index contributed by atoms with van der Waals surface area (Å²) in [4.78, 5) is 31.5. The molecule has 156 valence electrons. The zero-order chi connectivity index (χ0) is 22.1. The van der Waals surface area contributed by atoms with Crippen LogP contribution in [-0.2, 0) is 9.59 Å². The van der Waals surface area contributed by atoms with Gasteiger partial charge in [0.2, 0.25) is 0 Å². The third-order valence-corrected chi connectivity index (χ3v) is 5.44. The zero-order valence-corrected chi connectivity index (χ0v) is 17.8. The number of amides is 1. The van der Waals surface area contributed by atoms with Gasteiger partial charge in [-0.2, -0.15) is 0 Å². The van der Waals surface area contributed by atoms with Gasteiger partial charge in [0.05, 0.1) is 24.3 Å². The Morgan fingerprint density at radius 3 is 2.65 bits per heavy atom. The first kappa shape index (κ1) is 20.7. The molecule has 1 N–H and O–H groups in total. The van der Waals surface area contributed by atoms with E-state index in [4.69, 9.17) is 4.74 Å². The molecule has 0 saturated carbocycles. The predicted molar refractivity (Wildman–Crippen MR) is 116 cm³/mol. The number of nitrogens with zero attached hydrogens (tertiary/aromatic N) is 2. The van der Waals surface area contributed by atoms with E-state index in [-0.39, 0.29) is 16.9 Å². The van der Waals surface area contributed by atoms with Gasteiger partial charge in [0.1, 0.15) is 17.3 Å². The van der Waals surface area contributed by atoms with Crippen molar-refractivity contribution in [3.63, 3.8) is 0 Å². The smallest absolute Gasteiger partial charge is 0.300 e. The van der Waals surface area contributed by atoms with E-state index in [2.05, 4.69) is 20.9 Å². The second-order valence-electron chi connectivity index (χ2n) is 6.78. The third-order valence-electron chi connectivity index (χ3n) is 4.95. The molecule has 31 heavy (non-hydrogen) atoms. The number of pyridine rings is 1. The van der Waals surface area contributed by atoms with Gasteiger partial charge in [0, 0.05) is 22.6 Å². The molecule has 1 aliphatic heterocycles. The first-order valence-electron chi connectivity index (χ1n) is 9.22. The first-order chi connectivity index (χ1) is 14.9. The minimum atomic E-state index is -0.962. The highest BCUT2D eigenvalue weighted by molar-refractivity contribution is 9.10. The molecule has 0 aliphatic carbocycles. The van der Waals surface area contributed by atoms with Gasteiger partial charge in [-0.25, -0.2) is 4.39 Å². The summed E-state index contributed by atoms with van der Waals surface area (Å²) in [5.74, 6) is -2.69. The van der Waals surface area contributed by atoms with E-state index in [0.29, 0.717) is 15.7 Å². The van der Waals surface area contributed by atoms with Crippen LogP contribution in [0.2, 0.25) is 0 Å². The summed E-state index contributed by atoms with van der Waals surface area (Å²) in [5, 5.41) is 11.1. The number of ketones is 1. The lowest BCUT2D eigenvalue weighted by atomic mass is 9.95. The van der Waals surface area contributed by atoms with E-state index in [9.17, 15) is 19.1 Å². The number of methoxy groups -OCH3 is 1. The maximum atomic E-state index is 13.9. The van der Waals surface area contributed by atoms with Crippen molar-refractivity contribution in [2.24, 2.45) is 0 Å². The number of rotatable bonds is 4. The van der Waals surface area contributed by atoms with Crippen LogP contribution in [0, 0.1) is 5.82 Å². The Kier molecular flexibility index (Phi) is 5.56. The van der Waals surface area contributed by atoms with E-state index < -0.39 is 29.3 Å². The van der Waals surface area contributed by atoms with E-state index in [1.165, 1.54) is 30.3 Å². The number of Topliss-reactive ketones (excluding diaryl/α,β-unsaturated/α-hetero) is 1. The van der Waals surface area contributed by atoms with Crippen LogP contribution in [0.15, 0.2) is 77.0 Å². The zero-order valence-electron chi connectivity index (χ0n) is 16.3. The van der Waals surface area contributed by atoms with Gasteiger partial charge in [-0.3, -0.25) is 19.5 Å². The molecule has 4 rings (SSSR count). The summed E-state index contributed by atoms with van der Waals surface area (Å²) in [6.07, 6.45) is 3.07. The van der Waals surface area contributed by atoms with Crippen molar-refractivity contribution in [1.29, 1.82) is 0 Å². The van der Waals surface area contributed by atoms with Gasteiger partial charge in [0.15, 0.2) is 0 Å². The second-order valence-corrected chi connectivity index (χ2v) is 7.70. The molecule has 1 unspecified atom stereocenters. The van der Waals surface area contributed by atoms with E-state index in [1.807, 2.05) is 0 Å². The van der Waals surface area contributed by atoms with Gasteiger partial charge in [-0.1, -0.05) is 28.1 Å². The van der Waals surface area contributed by atoms with E-state index in [0.717, 1.165) is 6.07 Å². The molecule has 3 aromatic rings. The van der Waals surface area contributed by atoms with Crippen molar-refractivity contribution in [2.45, 2.75) is 6.04 Å². The predicted octanol–water partition coefficient (Wildman–Crippen LogP) is 4.62. The Balaban J connectivity index is 1.99. The fraction of sp³-hybridized carbons (Fsp3) is 0.0870. The van der Waals surface area contributed by atoms with Crippen LogP contribution >= 0.6 is 15.9 Å². The van der Waals surface area contributed by atoms with Crippen LogP contribution in [-0.4, -0.2) is 28.9 Å².